The molecule has 0 aromatic heterocycles. The SMILES string of the molecule is [N-]=[N+]=Nc1ccccc1[C@@H]1OC(c2ccc(OCCCO)cc2)=N[C@]1(CCS(=O)(=O)c1ccccc1)C(=O)NNCc1cccc(F)c1. The first-order valence-electron chi connectivity index (χ1n) is 15.1. The predicted molar refractivity (Wildman–Crippen MR) is 176 cm³/mol. The van der Waals surface area contributed by atoms with Crippen LogP contribution in [-0.2, 0) is 25.9 Å². The first-order chi connectivity index (χ1) is 23.3. The van der Waals surface area contributed by atoms with Crippen LogP contribution in [0.1, 0.15) is 35.6 Å². The number of hydrogen-bond acceptors (Lipinski definition) is 9. The third-order valence-corrected chi connectivity index (χ3v) is 9.37. The highest BCUT2D eigenvalue weighted by molar-refractivity contribution is 7.91. The van der Waals surface area contributed by atoms with Crippen molar-refractivity contribution in [3.05, 3.63) is 136 Å². The molecule has 0 aliphatic carbocycles. The zero-order valence-corrected chi connectivity index (χ0v) is 26.5. The largest absolute Gasteiger partial charge is 0.494 e. The van der Waals surface area contributed by atoms with Gasteiger partial charge in [0.1, 0.15) is 11.6 Å². The Kier molecular flexibility index (Phi) is 11.0. The van der Waals surface area contributed by atoms with Crippen LogP contribution in [-0.4, -0.2) is 49.8 Å². The lowest BCUT2D eigenvalue weighted by Gasteiger charge is -2.31. The Morgan fingerprint density at radius 1 is 1.04 bits per heavy atom. The Morgan fingerprint density at radius 2 is 1.79 bits per heavy atom. The lowest BCUT2D eigenvalue weighted by Crippen LogP contribution is -2.53. The van der Waals surface area contributed by atoms with Gasteiger partial charge < -0.3 is 14.6 Å². The molecular formula is C34H33FN6O6S. The summed E-state index contributed by atoms with van der Waals surface area (Å²) in [6.45, 7) is 0.354. The number of sulfone groups is 1. The minimum Gasteiger partial charge on any atom is -0.494 e. The summed E-state index contributed by atoms with van der Waals surface area (Å²) in [5.74, 6) is -1.06. The van der Waals surface area contributed by atoms with E-state index in [0.29, 0.717) is 35.5 Å². The number of carbonyl (C=O) groups excluding carboxylic acids is 1. The maximum absolute atomic E-state index is 14.3. The summed E-state index contributed by atoms with van der Waals surface area (Å²) >= 11 is 0. The highest BCUT2D eigenvalue weighted by Crippen LogP contribution is 2.45. The highest BCUT2D eigenvalue weighted by Gasteiger charge is 2.54. The fourth-order valence-electron chi connectivity index (χ4n) is 5.21. The van der Waals surface area contributed by atoms with Gasteiger partial charge in [-0.25, -0.2) is 23.2 Å². The van der Waals surface area contributed by atoms with E-state index in [1.165, 1.54) is 30.3 Å². The summed E-state index contributed by atoms with van der Waals surface area (Å²) in [4.78, 5) is 22.1. The minimum atomic E-state index is -3.90. The number of aliphatic imine (C=N–C) groups is 1. The Labute approximate surface area is 276 Å². The van der Waals surface area contributed by atoms with Gasteiger partial charge in [-0.3, -0.25) is 10.2 Å². The number of nitrogens with one attached hydrogen (secondary N) is 2. The monoisotopic (exact) mass is 672 g/mol. The second kappa shape index (κ2) is 15.5. The molecule has 0 fully saturated rings. The molecular weight excluding hydrogens is 639 g/mol. The van der Waals surface area contributed by atoms with Crippen LogP contribution in [0, 0.1) is 5.82 Å². The topological polar surface area (TPSA) is 175 Å². The van der Waals surface area contributed by atoms with Gasteiger partial charge in [-0.05, 0) is 59.6 Å². The van der Waals surface area contributed by atoms with E-state index in [1.54, 1.807) is 72.8 Å². The van der Waals surface area contributed by atoms with E-state index < -0.39 is 39.0 Å². The van der Waals surface area contributed by atoms with Gasteiger partial charge in [0.2, 0.25) is 5.90 Å². The van der Waals surface area contributed by atoms with Crippen LogP contribution in [0.4, 0.5) is 10.1 Å². The number of amides is 1. The molecule has 4 aromatic carbocycles. The molecule has 1 aliphatic rings. The average Bonchev–Trinajstić information content (AvgIpc) is 3.49. The number of hydrazine groups is 1. The van der Waals surface area contributed by atoms with E-state index >= 15 is 0 Å². The lowest BCUT2D eigenvalue weighted by atomic mass is 9.84. The third-order valence-electron chi connectivity index (χ3n) is 7.64. The molecule has 5 rings (SSSR count). The van der Waals surface area contributed by atoms with Gasteiger partial charge in [0.25, 0.3) is 5.91 Å². The van der Waals surface area contributed by atoms with Crippen molar-refractivity contribution in [1.82, 2.24) is 10.9 Å². The number of aliphatic hydroxyl groups excluding tert-OH is 1. The fourth-order valence-corrected chi connectivity index (χ4v) is 6.60. The molecule has 48 heavy (non-hydrogen) atoms. The van der Waals surface area contributed by atoms with E-state index in [2.05, 4.69) is 20.9 Å². The maximum Gasteiger partial charge on any atom is 0.266 e. The van der Waals surface area contributed by atoms with Gasteiger partial charge in [-0.2, -0.15) is 0 Å². The van der Waals surface area contributed by atoms with Crippen molar-refractivity contribution in [3.63, 3.8) is 0 Å². The number of halogens is 1. The van der Waals surface area contributed by atoms with Crippen molar-refractivity contribution in [1.29, 1.82) is 0 Å². The number of aliphatic hydroxyl groups is 1. The molecule has 1 heterocycles. The van der Waals surface area contributed by atoms with Crippen molar-refractivity contribution in [3.8, 4) is 5.75 Å². The Bertz CT molecular complexity index is 1920. The molecule has 0 bridgehead atoms. The summed E-state index contributed by atoms with van der Waals surface area (Å²) in [6.07, 6.45) is -1.09. The molecule has 14 heteroatoms. The molecule has 0 radical (unpaired) electrons. The first kappa shape index (κ1) is 34.1. The summed E-state index contributed by atoms with van der Waals surface area (Å²) in [5.41, 5.74) is 14.4. The van der Waals surface area contributed by atoms with E-state index in [0.717, 1.165) is 0 Å². The molecule has 0 saturated carbocycles. The van der Waals surface area contributed by atoms with Crippen LogP contribution < -0.4 is 15.6 Å². The van der Waals surface area contributed by atoms with Gasteiger partial charge in [-0.15, -0.1) is 0 Å². The zero-order valence-electron chi connectivity index (χ0n) is 25.7. The van der Waals surface area contributed by atoms with Crippen LogP contribution >= 0.6 is 0 Å². The minimum absolute atomic E-state index is 0.0112. The van der Waals surface area contributed by atoms with Crippen molar-refractivity contribution >= 4 is 27.3 Å². The van der Waals surface area contributed by atoms with Gasteiger partial charge in [0.05, 0.1) is 17.3 Å². The smallest absolute Gasteiger partial charge is 0.266 e. The Balaban J connectivity index is 1.56. The van der Waals surface area contributed by atoms with Crippen LogP contribution in [0.15, 0.2) is 118 Å². The molecule has 0 spiro atoms. The van der Waals surface area contributed by atoms with Gasteiger partial charge in [0, 0.05) is 47.7 Å². The summed E-state index contributed by atoms with van der Waals surface area (Å²) in [5, 5.41) is 12.9. The molecule has 1 aliphatic heterocycles. The van der Waals surface area contributed by atoms with Crippen molar-refractivity contribution in [2.45, 2.75) is 35.9 Å². The average molecular weight is 673 g/mol. The number of rotatable bonds is 15. The second-order valence-electron chi connectivity index (χ2n) is 10.9. The van der Waals surface area contributed by atoms with Gasteiger partial charge in [0.15, 0.2) is 21.5 Å². The standard InChI is InChI=1S/C34H33FN6O6S/c35-26-9-6-8-24(22-26)23-37-40-33(43)34(18-21-48(44,45)28-10-2-1-3-11-28)31(29-12-4-5-13-30(29)39-41-36)47-32(38-34)25-14-16-27(17-15-25)46-20-7-19-42/h1-6,8-17,22,31,37,42H,7,18-21,23H2,(H,40,43)/t31-,34-/m0/s1. The number of hydrogen-bond donors (Lipinski definition) is 3. The van der Waals surface area contributed by atoms with Crippen molar-refractivity contribution in [2.24, 2.45) is 10.1 Å². The normalized spacial score (nSPS) is 17.1. The quantitative estimate of drug-likeness (QED) is 0.0493. The van der Waals surface area contributed by atoms with Crippen LogP contribution in [0.5, 0.6) is 5.75 Å². The number of azide groups is 1. The van der Waals surface area contributed by atoms with Crippen molar-refractivity contribution < 1.29 is 32.2 Å². The fraction of sp³-hybridized carbons (Fsp3) is 0.235. The molecule has 4 aromatic rings. The van der Waals surface area contributed by atoms with E-state index in [-0.39, 0.29) is 36.1 Å². The van der Waals surface area contributed by atoms with Crippen LogP contribution in [0.25, 0.3) is 10.4 Å². The van der Waals surface area contributed by atoms with E-state index in [9.17, 15) is 23.1 Å². The molecule has 0 unspecified atom stereocenters. The molecule has 0 saturated heterocycles. The van der Waals surface area contributed by atoms with E-state index in [4.69, 9.17) is 19.6 Å². The molecule has 3 N–H and O–H groups in total. The molecule has 12 nitrogen and oxygen atoms in total. The number of ether oxygens (including phenoxy) is 2. The third kappa shape index (κ3) is 7.99. The molecule has 248 valence electrons. The highest BCUT2D eigenvalue weighted by atomic mass is 32.2. The lowest BCUT2D eigenvalue weighted by molar-refractivity contribution is -0.130. The number of carbonyl (C=O) groups is 1. The summed E-state index contributed by atoms with van der Waals surface area (Å²) in [7, 11) is -3.90. The maximum atomic E-state index is 14.3. The Hall–Kier alpha value is -5.27. The number of nitrogens with zero attached hydrogens (tertiary/aromatic N) is 4. The van der Waals surface area contributed by atoms with Gasteiger partial charge in [-0.1, -0.05) is 59.7 Å². The predicted octanol–water partition coefficient (Wildman–Crippen LogP) is 5.47. The Morgan fingerprint density at radius 3 is 2.52 bits per heavy atom. The summed E-state index contributed by atoms with van der Waals surface area (Å²) in [6, 6.07) is 26.9. The van der Waals surface area contributed by atoms with Crippen molar-refractivity contribution in [2.75, 3.05) is 19.0 Å². The summed E-state index contributed by atoms with van der Waals surface area (Å²) < 4.78 is 52.9. The van der Waals surface area contributed by atoms with Crippen LogP contribution in [0.2, 0.25) is 0 Å². The molecule has 1 amide bonds. The van der Waals surface area contributed by atoms with Gasteiger partial charge >= 0.3 is 0 Å². The molecule has 2 atom stereocenters. The second-order valence-corrected chi connectivity index (χ2v) is 13.0. The van der Waals surface area contributed by atoms with E-state index in [1.807, 2.05) is 0 Å². The first-order valence-corrected chi connectivity index (χ1v) is 16.7. The number of benzene rings is 4. The van der Waals surface area contributed by atoms with Crippen LogP contribution in [0.3, 0.4) is 0 Å². The zero-order chi connectivity index (χ0) is 34.0.